The summed E-state index contributed by atoms with van der Waals surface area (Å²) >= 11 is 0. The van der Waals surface area contributed by atoms with Crippen LogP contribution in [-0.2, 0) is 16.0 Å². The summed E-state index contributed by atoms with van der Waals surface area (Å²) in [6.07, 6.45) is 3.13. The molecule has 1 saturated carbocycles. The molecule has 1 heterocycles. The Kier molecular flexibility index (Phi) is 5.68. The lowest BCUT2D eigenvalue weighted by Crippen LogP contribution is -2.51. The van der Waals surface area contributed by atoms with E-state index in [0.29, 0.717) is 38.3 Å². The first-order chi connectivity index (χ1) is 14.4. The number of carbonyl (C=O) groups excluding carboxylic acids is 2. The molecule has 2 aromatic rings. The second-order valence-corrected chi connectivity index (χ2v) is 9.15. The average Bonchev–Trinajstić information content (AvgIpc) is 3.50. The number of hydrogen-bond donors (Lipinski definition) is 1. The third-order valence-corrected chi connectivity index (χ3v) is 7.15. The third kappa shape index (κ3) is 3.88. The summed E-state index contributed by atoms with van der Waals surface area (Å²) in [6, 6.07) is 16.8. The number of nitrogens with zero attached hydrogens (tertiary/aromatic N) is 1. The van der Waals surface area contributed by atoms with E-state index in [1.807, 2.05) is 4.90 Å². The van der Waals surface area contributed by atoms with Crippen molar-refractivity contribution in [3.63, 3.8) is 0 Å². The number of likely N-dealkylation sites (tertiary alicyclic amines) is 1. The molecule has 4 heteroatoms. The van der Waals surface area contributed by atoms with Crippen molar-refractivity contribution in [1.82, 2.24) is 10.2 Å². The number of hydrogen-bond acceptors (Lipinski definition) is 2. The largest absolute Gasteiger partial charge is 0.359 e. The maximum Gasteiger partial charge on any atom is 0.226 e. The first-order valence-electron chi connectivity index (χ1n) is 11.1. The van der Waals surface area contributed by atoms with Crippen LogP contribution in [0.25, 0.3) is 11.1 Å². The first-order valence-corrected chi connectivity index (χ1v) is 11.1. The number of piperidine rings is 1. The summed E-state index contributed by atoms with van der Waals surface area (Å²) in [5, 5.41) is 2.91. The van der Waals surface area contributed by atoms with Crippen molar-refractivity contribution < 1.29 is 9.59 Å². The van der Waals surface area contributed by atoms with Crippen LogP contribution in [0.5, 0.6) is 0 Å². The van der Waals surface area contributed by atoms with Gasteiger partial charge in [0.2, 0.25) is 11.8 Å². The molecule has 1 N–H and O–H groups in total. The van der Waals surface area contributed by atoms with Crippen LogP contribution in [0, 0.1) is 24.2 Å². The molecule has 2 atom stereocenters. The summed E-state index contributed by atoms with van der Waals surface area (Å²) in [5.74, 6) is 1.10. The van der Waals surface area contributed by atoms with Crippen molar-refractivity contribution in [3.8, 4) is 11.1 Å². The second-order valence-electron chi connectivity index (χ2n) is 9.15. The molecule has 0 aromatic heterocycles. The Morgan fingerprint density at radius 1 is 1.03 bits per heavy atom. The predicted molar refractivity (Wildman–Crippen MR) is 120 cm³/mol. The SMILES string of the molecule is CNC(=O)C1(Cc2ccccc2-c2ccccc2C)CCN(C(=O)C2CC2C)CC1. The van der Waals surface area contributed by atoms with Gasteiger partial charge in [0.25, 0.3) is 0 Å². The minimum absolute atomic E-state index is 0.0916. The van der Waals surface area contributed by atoms with Gasteiger partial charge in [-0.2, -0.15) is 0 Å². The van der Waals surface area contributed by atoms with Crippen LogP contribution in [0.15, 0.2) is 48.5 Å². The van der Waals surface area contributed by atoms with E-state index < -0.39 is 5.41 Å². The van der Waals surface area contributed by atoms with Gasteiger partial charge in [-0.3, -0.25) is 9.59 Å². The van der Waals surface area contributed by atoms with Crippen molar-refractivity contribution in [3.05, 3.63) is 59.7 Å². The summed E-state index contributed by atoms with van der Waals surface area (Å²) < 4.78 is 0. The number of rotatable bonds is 5. The Balaban J connectivity index is 1.59. The zero-order valence-electron chi connectivity index (χ0n) is 18.3. The Morgan fingerprint density at radius 2 is 1.63 bits per heavy atom. The lowest BCUT2D eigenvalue weighted by atomic mass is 9.71. The number of nitrogens with one attached hydrogen (secondary N) is 1. The lowest BCUT2D eigenvalue weighted by molar-refractivity contribution is -0.141. The molecular formula is C26H32N2O2. The molecule has 2 unspecified atom stereocenters. The standard InChI is InChI=1S/C26H32N2O2/c1-18-8-4-6-10-21(18)22-11-7-5-9-20(22)17-26(25(30)27-3)12-14-28(15-13-26)24(29)23-16-19(23)2/h4-11,19,23H,12-17H2,1-3H3,(H,27,30). The number of carbonyl (C=O) groups is 2. The van der Waals surface area contributed by atoms with E-state index in [-0.39, 0.29) is 17.7 Å². The van der Waals surface area contributed by atoms with Gasteiger partial charge < -0.3 is 10.2 Å². The van der Waals surface area contributed by atoms with Gasteiger partial charge in [0.1, 0.15) is 0 Å². The molecule has 4 rings (SSSR count). The minimum Gasteiger partial charge on any atom is -0.359 e. The Morgan fingerprint density at radius 3 is 2.23 bits per heavy atom. The molecule has 30 heavy (non-hydrogen) atoms. The van der Waals surface area contributed by atoms with Gasteiger partial charge in [0.15, 0.2) is 0 Å². The fraction of sp³-hybridized carbons (Fsp3) is 0.462. The van der Waals surface area contributed by atoms with Crippen molar-refractivity contribution in [2.45, 2.75) is 39.5 Å². The highest BCUT2D eigenvalue weighted by Gasteiger charge is 2.46. The molecule has 1 aliphatic carbocycles. The molecule has 158 valence electrons. The van der Waals surface area contributed by atoms with E-state index in [1.165, 1.54) is 22.3 Å². The molecule has 2 aromatic carbocycles. The highest BCUT2D eigenvalue weighted by molar-refractivity contribution is 5.85. The quantitative estimate of drug-likeness (QED) is 0.811. The molecule has 0 spiro atoms. The van der Waals surface area contributed by atoms with Crippen LogP contribution in [0.2, 0.25) is 0 Å². The third-order valence-electron chi connectivity index (χ3n) is 7.15. The highest BCUT2D eigenvalue weighted by Crippen LogP contribution is 2.42. The smallest absolute Gasteiger partial charge is 0.226 e. The second kappa shape index (κ2) is 8.25. The Hall–Kier alpha value is -2.62. The fourth-order valence-electron chi connectivity index (χ4n) is 4.98. The van der Waals surface area contributed by atoms with Crippen LogP contribution in [0.1, 0.15) is 37.3 Å². The molecule has 4 nitrogen and oxygen atoms in total. The van der Waals surface area contributed by atoms with E-state index in [1.54, 1.807) is 7.05 Å². The van der Waals surface area contributed by atoms with E-state index in [0.717, 1.165) is 6.42 Å². The Labute approximate surface area is 179 Å². The highest BCUT2D eigenvalue weighted by atomic mass is 16.2. The number of amides is 2. The molecule has 0 bridgehead atoms. The fourth-order valence-corrected chi connectivity index (χ4v) is 4.98. The zero-order chi connectivity index (χ0) is 21.3. The molecule has 0 radical (unpaired) electrons. The molecule has 2 fully saturated rings. The minimum atomic E-state index is -0.473. The van der Waals surface area contributed by atoms with Gasteiger partial charge in [0.05, 0.1) is 5.41 Å². The van der Waals surface area contributed by atoms with Crippen LogP contribution in [0.3, 0.4) is 0 Å². The normalized spacial score (nSPS) is 22.4. The molecule has 2 amide bonds. The van der Waals surface area contributed by atoms with Gasteiger partial charge in [-0.05, 0) is 60.8 Å². The van der Waals surface area contributed by atoms with E-state index in [4.69, 9.17) is 0 Å². The first kappa shape index (κ1) is 20.6. The van der Waals surface area contributed by atoms with Crippen molar-refractivity contribution in [1.29, 1.82) is 0 Å². The monoisotopic (exact) mass is 404 g/mol. The van der Waals surface area contributed by atoms with Crippen molar-refractivity contribution in [2.75, 3.05) is 20.1 Å². The average molecular weight is 405 g/mol. The molecule has 2 aliphatic rings. The number of benzene rings is 2. The Bertz CT molecular complexity index is 944. The molecular weight excluding hydrogens is 372 g/mol. The van der Waals surface area contributed by atoms with Crippen LogP contribution < -0.4 is 5.32 Å². The van der Waals surface area contributed by atoms with Gasteiger partial charge in [-0.15, -0.1) is 0 Å². The maximum atomic E-state index is 13.1. The van der Waals surface area contributed by atoms with Crippen LogP contribution in [-0.4, -0.2) is 36.9 Å². The van der Waals surface area contributed by atoms with Gasteiger partial charge in [-0.25, -0.2) is 0 Å². The molecule has 1 saturated heterocycles. The summed E-state index contributed by atoms with van der Waals surface area (Å²) in [4.78, 5) is 27.7. The van der Waals surface area contributed by atoms with Crippen molar-refractivity contribution in [2.24, 2.45) is 17.3 Å². The van der Waals surface area contributed by atoms with E-state index in [9.17, 15) is 9.59 Å². The van der Waals surface area contributed by atoms with Crippen molar-refractivity contribution >= 4 is 11.8 Å². The van der Waals surface area contributed by atoms with Crippen LogP contribution >= 0.6 is 0 Å². The van der Waals surface area contributed by atoms with Gasteiger partial charge in [0, 0.05) is 26.1 Å². The van der Waals surface area contributed by atoms with E-state index >= 15 is 0 Å². The number of aryl methyl sites for hydroxylation is 1. The maximum absolute atomic E-state index is 13.1. The summed E-state index contributed by atoms with van der Waals surface area (Å²) in [7, 11) is 1.72. The van der Waals surface area contributed by atoms with Gasteiger partial charge >= 0.3 is 0 Å². The van der Waals surface area contributed by atoms with Gasteiger partial charge in [-0.1, -0.05) is 55.5 Å². The summed E-state index contributed by atoms with van der Waals surface area (Å²) in [6.45, 7) is 5.61. The topological polar surface area (TPSA) is 49.4 Å². The van der Waals surface area contributed by atoms with E-state index in [2.05, 4.69) is 67.7 Å². The predicted octanol–water partition coefficient (Wildman–Crippen LogP) is 4.22. The molecule has 1 aliphatic heterocycles. The summed E-state index contributed by atoms with van der Waals surface area (Å²) in [5.41, 5.74) is 4.38. The zero-order valence-corrected chi connectivity index (χ0v) is 18.3. The van der Waals surface area contributed by atoms with Crippen LogP contribution in [0.4, 0.5) is 0 Å². The lowest BCUT2D eigenvalue weighted by Gasteiger charge is -2.41.